The number of halogens is 2. The monoisotopic (exact) mass is 389 g/mol. The molecule has 2 aliphatic heterocycles. The Hall–Kier alpha value is -2.79. The zero-order valence-electron chi connectivity index (χ0n) is 14.8. The molecule has 3 aromatic heterocycles. The first-order valence-corrected chi connectivity index (χ1v) is 8.94. The first-order valence-electron chi connectivity index (χ1n) is 8.94. The van der Waals surface area contributed by atoms with Crippen LogP contribution in [0.1, 0.15) is 29.6 Å². The lowest BCUT2D eigenvalue weighted by molar-refractivity contribution is -0.0909. The molecule has 0 atom stereocenters. The molecule has 2 fully saturated rings. The van der Waals surface area contributed by atoms with Gasteiger partial charge in [-0.3, -0.25) is 9.88 Å². The Bertz CT molecular complexity index is 949. The van der Waals surface area contributed by atoms with Crippen LogP contribution in [0.3, 0.4) is 0 Å². The average molecular weight is 389 g/mol. The zero-order chi connectivity index (χ0) is 19.1. The summed E-state index contributed by atoms with van der Waals surface area (Å²) in [5.41, 5.74) is 2.23. The first-order chi connectivity index (χ1) is 13.7. The summed E-state index contributed by atoms with van der Waals surface area (Å²) in [4.78, 5) is 6.73. The van der Waals surface area contributed by atoms with E-state index in [0.717, 1.165) is 37.7 Å². The molecule has 0 bridgehead atoms. The lowest BCUT2D eigenvalue weighted by Crippen LogP contribution is -2.58. The molecule has 0 unspecified atom stereocenters. The van der Waals surface area contributed by atoms with E-state index in [1.165, 1.54) is 6.20 Å². The molecule has 0 amide bonds. The van der Waals surface area contributed by atoms with Gasteiger partial charge in [0.15, 0.2) is 0 Å². The number of aromatic nitrogens is 6. The summed E-state index contributed by atoms with van der Waals surface area (Å²) in [6.45, 7) is 4.10. The summed E-state index contributed by atoms with van der Waals surface area (Å²) >= 11 is 0. The Labute approximate surface area is 158 Å². The van der Waals surface area contributed by atoms with Crippen molar-refractivity contribution in [2.75, 3.05) is 26.3 Å². The van der Waals surface area contributed by atoms with Crippen LogP contribution in [0.15, 0.2) is 28.9 Å². The van der Waals surface area contributed by atoms with Crippen molar-refractivity contribution >= 4 is 0 Å². The van der Waals surface area contributed by atoms with E-state index in [4.69, 9.17) is 9.15 Å². The Morgan fingerprint density at radius 3 is 2.64 bits per heavy atom. The number of likely N-dealkylation sites (tertiary alicyclic amines) is 1. The van der Waals surface area contributed by atoms with Crippen LogP contribution in [0.25, 0.3) is 11.5 Å². The molecule has 0 radical (unpaired) electrons. The van der Waals surface area contributed by atoms with Crippen molar-refractivity contribution in [2.45, 2.75) is 24.9 Å². The fourth-order valence-corrected chi connectivity index (χ4v) is 3.26. The third-order valence-corrected chi connectivity index (χ3v) is 5.04. The maximum Gasteiger partial charge on any atom is 0.314 e. The van der Waals surface area contributed by atoms with Crippen LogP contribution in [-0.4, -0.2) is 67.4 Å². The van der Waals surface area contributed by atoms with Crippen molar-refractivity contribution in [2.24, 2.45) is 0 Å². The molecule has 5 heterocycles. The minimum Gasteiger partial charge on any atom is -0.415 e. The maximum atomic E-state index is 12.5. The predicted octanol–water partition coefficient (Wildman–Crippen LogP) is 1.51. The molecule has 2 aliphatic rings. The largest absolute Gasteiger partial charge is 0.415 e. The first kappa shape index (κ1) is 17.3. The Morgan fingerprint density at radius 2 is 2.00 bits per heavy atom. The average Bonchev–Trinajstić information content (AvgIpc) is 3.26. The van der Waals surface area contributed by atoms with Gasteiger partial charge in [0.1, 0.15) is 0 Å². The normalized spacial score (nSPS) is 18.4. The number of hydrogen-bond donors (Lipinski definition) is 0. The SMILES string of the molecule is FC(F)c1nnc(-c2ccc(Cn3cc(C4CN(C5COC5)C4)nn3)nc2)o1. The topological polar surface area (TPSA) is 95.0 Å². The third-order valence-electron chi connectivity index (χ3n) is 5.04. The van der Waals surface area contributed by atoms with Gasteiger partial charge in [-0.2, -0.15) is 8.78 Å². The van der Waals surface area contributed by atoms with E-state index in [0.29, 0.717) is 24.1 Å². The van der Waals surface area contributed by atoms with Crippen molar-refractivity contribution in [3.05, 3.63) is 41.8 Å². The van der Waals surface area contributed by atoms with Crippen molar-refractivity contribution < 1.29 is 17.9 Å². The highest BCUT2D eigenvalue weighted by Crippen LogP contribution is 2.29. The molecule has 0 N–H and O–H groups in total. The molecule has 0 saturated carbocycles. The highest BCUT2D eigenvalue weighted by atomic mass is 19.3. The van der Waals surface area contributed by atoms with Crippen LogP contribution >= 0.6 is 0 Å². The highest BCUT2D eigenvalue weighted by Gasteiger charge is 2.37. The standard InChI is InChI=1S/C17H17F2N7O2/c18-15(19)17-23-22-16(28-17)10-1-2-12(20-3-10)6-26-7-14(21-24-26)11-4-25(5-11)13-8-27-9-13/h1-3,7,11,13,15H,4-6,8-9H2. The van der Waals surface area contributed by atoms with Gasteiger partial charge in [0.2, 0.25) is 5.89 Å². The summed E-state index contributed by atoms with van der Waals surface area (Å²) in [6.07, 6.45) is 0.669. The van der Waals surface area contributed by atoms with Gasteiger partial charge in [-0.1, -0.05) is 5.21 Å². The molecule has 0 aliphatic carbocycles. The van der Waals surface area contributed by atoms with Crippen LogP contribution in [0.5, 0.6) is 0 Å². The number of hydrogen-bond acceptors (Lipinski definition) is 8. The van der Waals surface area contributed by atoms with E-state index in [-0.39, 0.29) is 5.89 Å². The van der Waals surface area contributed by atoms with Crippen molar-refractivity contribution in [3.8, 4) is 11.5 Å². The van der Waals surface area contributed by atoms with Crippen molar-refractivity contribution in [1.29, 1.82) is 0 Å². The molecule has 0 aromatic carbocycles. The van der Waals surface area contributed by atoms with Crippen LogP contribution in [0.2, 0.25) is 0 Å². The van der Waals surface area contributed by atoms with E-state index < -0.39 is 12.3 Å². The summed E-state index contributed by atoms with van der Waals surface area (Å²) in [6, 6.07) is 4.03. The molecular weight excluding hydrogens is 372 g/mol. The van der Waals surface area contributed by atoms with E-state index in [1.54, 1.807) is 16.8 Å². The van der Waals surface area contributed by atoms with E-state index >= 15 is 0 Å². The van der Waals surface area contributed by atoms with E-state index in [2.05, 4.69) is 30.4 Å². The molecule has 2 saturated heterocycles. The van der Waals surface area contributed by atoms with Crippen LogP contribution in [0, 0.1) is 0 Å². The van der Waals surface area contributed by atoms with Gasteiger partial charge in [0, 0.05) is 31.4 Å². The lowest BCUT2D eigenvalue weighted by Gasteiger charge is -2.46. The Kier molecular flexibility index (Phi) is 4.32. The van der Waals surface area contributed by atoms with Gasteiger partial charge in [-0.15, -0.1) is 15.3 Å². The number of pyridine rings is 1. The number of alkyl halides is 2. The molecule has 5 rings (SSSR count). The number of ether oxygens (including phenoxy) is 1. The van der Waals surface area contributed by atoms with Crippen molar-refractivity contribution in [1.82, 2.24) is 35.1 Å². The number of nitrogens with zero attached hydrogens (tertiary/aromatic N) is 7. The van der Waals surface area contributed by atoms with Crippen LogP contribution in [0.4, 0.5) is 8.78 Å². The molecule has 146 valence electrons. The van der Waals surface area contributed by atoms with Crippen LogP contribution in [-0.2, 0) is 11.3 Å². The highest BCUT2D eigenvalue weighted by molar-refractivity contribution is 5.50. The quantitative estimate of drug-likeness (QED) is 0.626. The summed E-state index contributed by atoms with van der Waals surface area (Å²) in [7, 11) is 0. The Balaban J connectivity index is 1.20. The third kappa shape index (κ3) is 3.27. The smallest absolute Gasteiger partial charge is 0.314 e. The molecule has 0 spiro atoms. The fourth-order valence-electron chi connectivity index (χ4n) is 3.26. The van der Waals surface area contributed by atoms with E-state index in [9.17, 15) is 8.78 Å². The molecule has 28 heavy (non-hydrogen) atoms. The van der Waals surface area contributed by atoms with Gasteiger partial charge in [-0.05, 0) is 12.1 Å². The van der Waals surface area contributed by atoms with Gasteiger partial charge in [0.25, 0.3) is 5.89 Å². The fraction of sp³-hybridized carbons (Fsp3) is 0.471. The summed E-state index contributed by atoms with van der Waals surface area (Å²) in [5.74, 6) is -0.274. The summed E-state index contributed by atoms with van der Waals surface area (Å²) < 4.78 is 37.0. The zero-order valence-corrected chi connectivity index (χ0v) is 14.8. The van der Waals surface area contributed by atoms with Gasteiger partial charge < -0.3 is 9.15 Å². The molecule has 11 heteroatoms. The second-order valence-electron chi connectivity index (χ2n) is 6.97. The van der Waals surface area contributed by atoms with Gasteiger partial charge in [0.05, 0.1) is 42.8 Å². The molecular formula is C17H17F2N7O2. The molecule has 9 nitrogen and oxygen atoms in total. The minimum atomic E-state index is -2.79. The number of rotatable bonds is 6. The Morgan fingerprint density at radius 1 is 1.14 bits per heavy atom. The lowest BCUT2D eigenvalue weighted by atomic mass is 9.94. The minimum absolute atomic E-state index is 0.0174. The van der Waals surface area contributed by atoms with Gasteiger partial charge >= 0.3 is 6.43 Å². The predicted molar refractivity (Wildman–Crippen MR) is 90.5 cm³/mol. The van der Waals surface area contributed by atoms with Crippen molar-refractivity contribution in [3.63, 3.8) is 0 Å². The van der Waals surface area contributed by atoms with E-state index in [1.807, 2.05) is 6.20 Å². The summed E-state index contributed by atoms with van der Waals surface area (Å²) in [5, 5.41) is 15.4. The molecule has 3 aromatic rings. The second-order valence-corrected chi connectivity index (χ2v) is 6.97. The maximum absolute atomic E-state index is 12.5. The van der Waals surface area contributed by atoms with Crippen LogP contribution < -0.4 is 0 Å². The second kappa shape index (κ2) is 6.99. The van der Waals surface area contributed by atoms with Gasteiger partial charge in [-0.25, -0.2) is 4.68 Å².